The first kappa shape index (κ1) is 26.3. The maximum absolute atomic E-state index is 14.6. The van der Waals surface area contributed by atoms with E-state index in [-0.39, 0.29) is 36.0 Å². The van der Waals surface area contributed by atoms with E-state index in [2.05, 4.69) is 0 Å². The quantitative estimate of drug-likeness (QED) is 0.177. The molecule has 172 valence electrons. The molecule has 0 fully saturated rings. The Morgan fingerprint density at radius 3 is 1.61 bits per heavy atom. The summed E-state index contributed by atoms with van der Waals surface area (Å²) in [5.74, 6) is 0. The first-order valence-electron chi connectivity index (χ1n) is 9.69. The highest BCUT2D eigenvalue weighted by molar-refractivity contribution is 8.01. The van der Waals surface area contributed by atoms with Crippen molar-refractivity contribution in [3.8, 4) is 0 Å². The minimum atomic E-state index is -4.50. The van der Waals surface area contributed by atoms with Crippen molar-refractivity contribution in [1.29, 1.82) is 0 Å². The van der Waals surface area contributed by atoms with Crippen molar-refractivity contribution in [2.24, 2.45) is 0 Å². The van der Waals surface area contributed by atoms with Crippen LogP contribution in [-0.4, -0.2) is 11.0 Å². The topological polar surface area (TPSA) is 51.2 Å². The van der Waals surface area contributed by atoms with E-state index < -0.39 is 23.8 Å². The van der Waals surface area contributed by atoms with E-state index in [1.54, 1.807) is 32.0 Å². The number of benzene rings is 3. The van der Waals surface area contributed by atoms with Gasteiger partial charge in [0.05, 0.1) is 30.7 Å². The van der Waals surface area contributed by atoms with Gasteiger partial charge < -0.3 is 4.57 Å². The molecular formula is C24H18Cl5O3P. The normalized spacial score (nSPS) is 13.0. The number of hydrogen-bond acceptors (Lipinski definition) is 3. The Morgan fingerprint density at radius 2 is 1.09 bits per heavy atom. The van der Waals surface area contributed by atoms with E-state index in [0.717, 1.165) is 11.1 Å². The molecule has 0 aliphatic rings. The van der Waals surface area contributed by atoms with Gasteiger partial charge in [-0.15, -0.1) is 0 Å². The molecule has 9 heteroatoms. The Kier molecular flexibility index (Phi) is 7.76. The fraction of sp³-hybridized carbons (Fsp3) is 0.167. The van der Waals surface area contributed by atoms with Gasteiger partial charge >= 0.3 is 0 Å². The molecule has 3 aromatic carbocycles. The highest BCUT2D eigenvalue weighted by atomic mass is 35.5. The Bertz CT molecular complexity index is 1340. The Morgan fingerprint density at radius 1 is 0.636 bits per heavy atom. The lowest BCUT2D eigenvalue weighted by atomic mass is 9.95. The summed E-state index contributed by atoms with van der Waals surface area (Å²) in [6.45, 7) is 7.28. The summed E-state index contributed by atoms with van der Waals surface area (Å²) in [7, 11) is -4.50. The fourth-order valence-corrected chi connectivity index (χ4v) is 7.57. The van der Waals surface area contributed by atoms with Crippen molar-refractivity contribution in [2.75, 3.05) is 0 Å². The standard InChI is InChI=1S/C24H18Cl5O3P/c1-11-10-12(2)16(14(4)13(11)3)23(30)33(32,15-8-6-5-7-9-15)24(31)17-18(25)20(27)22(29)21(28)19(17)26/h5-10H,1-4H3. The SMILES string of the molecule is Cc1cc(C)c(C(=O)P(=O)(C(=O)c2c(Cl)c(Cl)c(Cl)c(Cl)c2Cl)c2ccccc2)c(C)c1C. The lowest BCUT2D eigenvalue weighted by molar-refractivity contribution is 0.104. The summed E-state index contributed by atoms with van der Waals surface area (Å²) in [5, 5.41) is -1.18. The van der Waals surface area contributed by atoms with Crippen LogP contribution in [0.2, 0.25) is 25.1 Å². The minimum Gasteiger partial charge on any atom is -0.302 e. The van der Waals surface area contributed by atoms with E-state index in [0.29, 0.717) is 11.1 Å². The predicted molar refractivity (Wildman–Crippen MR) is 139 cm³/mol. The van der Waals surface area contributed by atoms with Crippen LogP contribution in [0.4, 0.5) is 0 Å². The van der Waals surface area contributed by atoms with Crippen LogP contribution in [0.5, 0.6) is 0 Å². The van der Waals surface area contributed by atoms with Crippen molar-refractivity contribution in [3.63, 3.8) is 0 Å². The monoisotopic (exact) mass is 560 g/mol. The lowest BCUT2D eigenvalue weighted by Crippen LogP contribution is -2.22. The molecule has 0 heterocycles. The number of rotatable bonds is 5. The van der Waals surface area contributed by atoms with Gasteiger partial charge in [-0.05, 0) is 49.9 Å². The van der Waals surface area contributed by atoms with Crippen molar-refractivity contribution >= 4 is 81.5 Å². The molecule has 3 aromatic rings. The van der Waals surface area contributed by atoms with Gasteiger partial charge in [0.2, 0.25) is 18.2 Å². The van der Waals surface area contributed by atoms with Gasteiger partial charge in [0.1, 0.15) is 0 Å². The summed E-state index contributed by atoms with van der Waals surface area (Å²) < 4.78 is 14.6. The van der Waals surface area contributed by atoms with E-state index in [4.69, 9.17) is 58.0 Å². The maximum Gasteiger partial charge on any atom is 0.248 e. The van der Waals surface area contributed by atoms with Gasteiger partial charge in [-0.25, -0.2) is 0 Å². The molecule has 1 atom stereocenters. The first-order chi connectivity index (χ1) is 15.3. The molecule has 3 nitrogen and oxygen atoms in total. The Labute approximate surface area is 217 Å². The van der Waals surface area contributed by atoms with Crippen LogP contribution in [0.1, 0.15) is 43.0 Å². The van der Waals surface area contributed by atoms with Crippen molar-refractivity contribution in [1.82, 2.24) is 0 Å². The Hall–Kier alpha value is -1.32. The molecule has 0 aromatic heterocycles. The fourth-order valence-electron chi connectivity index (χ4n) is 3.69. The summed E-state index contributed by atoms with van der Waals surface area (Å²) in [6, 6.07) is 9.62. The zero-order chi connectivity index (χ0) is 24.8. The molecule has 0 radical (unpaired) electrons. The second-order valence-electron chi connectivity index (χ2n) is 7.64. The summed E-state index contributed by atoms with van der Waals surface area (Å²) in [6.07, 6.45) is 0. The molecule has 0 aliphatic heterocycles. The average molecular weight is 563 g/mol. The van der Waals surface area contributed by atoms with Crippen LogP contribution in [-0.2, 0) is 4.57 Å². The molecule has 0 spiro atoms. The number of carbonyl (C=O) groups excluding carboxylic acids is 2. The highest BCUT2D eigenvalue weighted by Crippen LogP contribution is 2.56. The minimum absolute atomic E-state index is 0.0476. The molecule has 0 amide bonds. The highest BCUT2D eigenvalue weighted by Gasteiger charge is 2.46. The second-order valence-corrected chi connectivity index (χ2v) is 12.1. The van der Waals surface area contributed by atoms with Crippen molar-refractivity contribution < 1.29 is 14.2 Å². The van der Waals surface area contributed by atoms with Gasteiger partial charge in [-0.2, -0.15) is 0 Å². The van der Waals surface area contributed by atoms with Gasteiger partial charge in [0.25, 0.3) is 0 Å². The zero-order valence-electron chi connectivity index (χ0n) is 18.0. The molecule has 3 rings (SSSR count). The van der Waals surface area contributed by atoms with Gasteiger partial charge in [-0.3, -0.25) is 9.59 Å². The van der Waals surface area contributed by atoms with Crippen LogP contribution >= 0.6 is 65.1 Å². The van der Waals surface area contributed by atoms with Crippen molar-refractivity contribution in [2.45, 2.75) is 27.7 Å². The van der Waals surface area contributed by atoms with Gasteiger partial charge in [-0.1, -0.05) is 94.4 Å². The van der Waals surface area contributed by atoms with E-state index in [9.17, 15) is 14.2 Å². The third-order valence-corrected chi connectivity index (χ3v) is 10.6. The second kappa shape index (κ2) is 9.74. The molecule has 0 N–H and O–H groups in total. The number of halogens is 5. The van der Waals surface area contributed by atoms with Gasteiger partial charge in [0.15, 0.2) is 0 Å². The largest absolute Gasteiger partial charge is 0.302 e. The third-order valence-electron chi connectivity index (χ3n) is 5.69. The molecule has 0 bridgehead atoms. The Balaban J connectivity index is 2.39. The van der Waals surface area contributed by atoms with Crippen LogP contribution in [0.25, 0.3) is 0 Å². The summed E-state index contributed by atoms with van der Waals surface area (Å²) in [4.78, 5) is 27.9. The van der Waals surface area contributed by atoms with Crippen LogP contribution in [0.3, 0.4) is 0 Å². The first-order valence-corrected chi connectivity index (χ1v) is 13.3. The van der Waals surface area contributed by atoms with E-state index >= 15 is 0 Å². The summed E-state index contributed by atoms with van der Waals surface area (Å²) >= 11 is 31.0. The molecule has 33 heavy (non-hydrogen) atoms. The van der Waals surface area contributed by atoms with Gasteiger partial charge in [0, 0.05) is 10.9 Å². The van der Waals surface area contributed by atoms with E-state index in [1.807, 2.05) is 19.9 Å². The zero-order valence-corrected chi connectivity index (χ0v) is 22.7. The molecule has 1 unspecified atom stereocenters. The molecule has 0 aliphatic carbocycles. The van der Waals surface area contributed by atoms with E-state index in [1.165, 1.54) is 12.1 Å². The van der Waals surface area contributed by atoms with Crippen LogP contribution in [0, 0.1) is 27.7 Å². The molecule has 0 saturated carbocycles. The number of carbonyl (C=O) groups is 2. The molecule has 0 saturated heterocycles. The lowest BCUT2D eigenvalue weighted by Gasteiger charge is -2.22. The maximum atomic E-state index is 14.6. The number of hydrogen-bond donors (Lipinski definition) is 0. The third kappa shape index (κ3) is 4.29. The van der Waals surface area contributed by atoms with Crippen LogP contribution in [0.15, 0.2) is 36.4 Å². The van der Waals surface area contributed by atoms with Crippen LogP contribution < -0.4 is 5.30 Å². The smallest absolute Gasteiger partial charge is 0.248 e. The van der Waals surface area contributed by atoms with Crippen molar-refractivity contribution in [3.05, 3.63) is 94.9 Å². The number of aryl methyl sites for hydroxylation is 2. The molecular weight excluding hydrogens is 545 g/mol. The predicted octanol–water partition coefficient (Wildman–Crippen LogP) is 8.86. The summed E-state index contributed by atoms with van der Waals surface area (Å²) in [5.41, 5.74) is 1.03. The average Bonchev–Trinajstić information content (AvgIpc) is 2.79.